The Hall–Kier alpha value is -3.80. The molecule has 6 heteroatoms. The summed E-state index contributed by atoms with van der Waals surface area (Å²) in [7, 11) is 0. The Kier molecular flexibility index (Phi) is 12.9. The van der Waals surface area contributed by atoms with Gasteiger partial charge in [0.1, 0.15) is 23.0 Å². The summed E-state index contributed by atoms with van der Waals surface area (Å²) in [6.45, 7) is 5.70. The van der Waals surface area contributed by atoms with Crippen molar-refractivity contribution in [1.82, 2.24) is 0 Å². The van der Waals surface area contributed by atoms with E-state index in [9.17, 15) is 9.59 Å². The number of carbonyl (C=O) groups is 2. The number of benzene rings is 3. The monoisotopic (exact) mass is 532 g/mol. The van der Waals surface area contributed by atoms with Gasteiger partial charge in [0, 0.05) is 0 Å². The molecule has 3 aromatic rings. The van der Waals surface area contributed by atoms with E-state index in [1.54, 1.807) is 72.8 Å². The third-order valence-electron chi connectivity index (χ3n) is 6.21. The molecule has 0 amide bonds. The second kappa shape index (κ2) is 16.9. The van der Waals surface area contributed by atoms with E-state index in [2.05, 4.69) is 13.8 Å². The summed E-state index contributed by atoms with van der Waals surface area (Å²) in [5, 5.41) is 0. The average molecular weight is 533 g/mol. The van der Waals surface area contributed by atoms with Crippen molar-refractivity contribution in [1.29, 1.82) is 0 Å². The van der Waals surface area contributed by atoms with Crippen LogP contribution < -0.4 is 18.9 Å². The summed E-state index contributed by atoms with van der Waals surface area (Å²) < 4.78 is 22.4. The van der Waals surface area contributed by atoms with E-state index in [0.717, 1.165) is 37.2 Å². The molecule has 0 atom stereocenters. The van der Waals surface area contributed by atoms with Crippen LogP contribution in [-0.4, -0.2) is 25.2 Å². The maximum Gasteiger partial charge on any atom is 0.343 e. The second-order valence-corrected chi connectivity index (χ2v) is 9.47. The third-order valence-corrected chi connectivity index (χ3v) is 6.21. The molecule has 0 N–H and O–H groups in total. The van der Waals surface area contributed by atoms with E-state index in [-0.39, 0.29) is 0 Å². The SMILES string of the molecule is CCCCCCCCOc1ccc(OC(=O)c2ccc(OC(=O)c3ccc(OCCCCC)cc3)cc2)cc1. The minimum Gasteiger partial charge on any atom is -0.494 e. The molecule has 3 rings (SSSR count). The Morgan fingerprint density at radius 2 is 0.795 bits per heavy atom. The van der Waals surface area contributed by atoms with E-state index in [1.807, 2.05) is 0 Å². The second-order valence-electron chi connectivity index (χ2n) is 9.47. The highest BCUT2D eigenvalue weighted by Gasteiger charge is 2.12. The number of rotatable bonds is 17. The lowest BCUT2D eigenvalue weighted by Crippen LogP contribution is -2.10. The number of esters is 2. The first-order chi connectivity index (χ1) is 19.1. The fraction of sp³-hybridized carbons (Fsp3) is 0.394. The Labute approximate surface area is 232 Å². The normalized spacial score (nSPS) is 10.6. The molecule has 0 saturated heterocycles. The lowest BCUT2D eigenvalue weighted by molar-refractivity contribution is 0.0730. The summed E-state index contributed by atoms with van der Waals surface area (Å²) in [4.78, 5) is 25.0. The third kappa shape index (κ3) is 10.8. The van der Waals surface area contributed by atoms with Gasteiger partial charge in [-0.15, -0.1) is 0 Å². The van der Waals surface area contributed by atoms with Gasteiger partial charge < -0.3 is 18.9 Å². The first-order valence-electron chi connectivity index (χ1n) is 14.1. The summed E-state index contributed by atoms with van der Waals surface area (Å²) in [6.07, 6.45) is 10.6. The fourth-order valence-electron chi connectivity index (χ4n) is 3.90. The molecule has 6 nitrogen and oxygen atoms in total. The van der Waals surface area contributed by atoms with E-state index in [4.69, 9.17) is 18.9 Å². The van der Waals surface area contributed by atoms with Crippen molar-refractivity contribution in [3.8, 4) is 23.0 Å². The van der Waals surface area contributed by atoms with Crippen LogP contribution in [0.2, 0.25) is 0 Å². The molecule has 0 aromatic heterocycles. The molecule has 208 valence electrons. The summed E-state index contributed by atoms with van der Waals surface area (Å²) in [6, 6.07) is 20.2. The first-order valence-corrected chi connectivity index (χ1v) is 14.1. The zero-order valence-electron chi connectivity index (χ0n) is 23.2. The van der Waals surface area contributed by atoms with E-state index >= 15 is 0 Å². The van der Waals surface area contributed by atoms with Crippen LogP contribution in [0.4, 0.5) is 0 Å². The van der Waals surface area contributed by atoms with Crippen LogP contribution in [0.1, 0.15) is 92.4 Å². The van der Waals surface area contributed by atoms with Gasteiger partial charge in [-0.1, -0.05) is 58.8 Å². The molecule has 0 bridgehead atoms. The van der Waals surface area contributed by atoms with Crippen LogP contribution in [0.5, 0.6) is 23.0 Å². The van der Waals surface area contributed by atoms with Crippen molar-refractivity contribution in [3.05, 3.63) is 83.9 Å². The van der Waals surface area contributed by atoms with Gasteiger partial charge in [0.15, 0.2) is 0 Å². The maximum atomic E-state index is 12.5. The minimum absolute atomic E-state index is 0.336. The van der Waals surface area contributed by atoms with E-state index < -0.39 is 11.9 Å². The topological polar surface area (TPSA) is 71.1 Å². The zero-order chi connectivity index (χ0) is 27.7. The number of carbonyl (C=O) groups excluding carboxylic acids is 2. The summed E-state index contributed by atoms with van der Waals surface area (Å²) in [5.74, 6) is 1.26. The van der Waals surface area contributed by atoms with Gasteiger partial charge in [-0.05, 0) is 85.6 Å². The maximum absolute atomic E-state index is 12.5. The van der Waals surface area contributed by atoms with Crippen molar-refractivity contribution < 1.29 is 28.5 Å². The smallest absolute Gasteiger partial charge is 0.343 e. The van der Waals surface area contributed by atoms with Crippen molar-refractivity contribution >= 4 is 11.9 Å². The predicted octanol–water partition coefficient (Wildman–Crippen LogP) is 8.43. The number of hydrogen-bond acceptors (Lipinski definition) is 6. The van der Waals surface area contributed by atoms with Gasteiger partial charge >= 0.3 is 11.9 Å². The molecule has 0 aliphatic heterocycles. The van der Waals surface area contributed by atoms with Gasteiger partial charge in [0.2, 0.25) is 0 Å². The van der Waals surface area contributed by atoms with Crippen molar-refractivity contribution in [3.63, 3.8) is 0 Å². The highest BCUT2D eigenvalue weighted by Crippen LogP contribution is 2.21. The molecular weight excluding hydrogens is 492 g/mol. The van der Waals surface area contributed by atoms with Gasteiger partial charge in [-0.25, -0.2) is 9.59 Å². The van der Waals surface area contributed by atoms with Crippen LogP contribution in [0.25, 0.3) is 0 Å². The molecule has 0 heterocycles. The van der Waals surface area contributed by atoms with Crippen molar-refractivity contribution in [2.45, 2.75) is 71.6 Å². The Bertz CT molecular complexity index is 1120. The standard InChI is InChI=1S/C33H40O6/c1-3-5-7-8-9-11-25-37-29-20-22-31(23-21-29)39-33(35)27-14-18-30(19-15-27)38-32(34)26-12-16-28(17-13-26)36-24-10-6-4-2/h12-23H,3-11,24-25H2,1-2H3. The molecule has 0 fully saturated rings. The van der Waals surface area contributed by atoms with Crippen LogP contribution in [0.15, 0.2) is 72.8 Å². The average Bonchev–Trinajstić information content (AvgIpc) is 2.96. The van der Waals surface area contributed by atoms with Crippen molar-refractivity contribution in [2.75, 3.05) is 13.2 Å². The first kappa shape index (κ1) is 29.8. The molecule has 0 spiro atoms. The number of unbranched alkanes of at least 4 members (excludes halogenated alkanes) is 7. The molecule has 39 heavy (non-hydrogen) atoms. The fourth-order valence-corrected chi connectivity index (χ4v) is 3.90. The van der Waals surface area contributed by atoms with Gasteiger partial charge in [-0.2, -0.15) is 0 Å². The Balaban J connectivity index is 1.41. The number of ether oxygens (including phenoxy) is 4. The number of hydrogen-bond donors (Lipinski definition) is 0. The van der Waals surface area contributed by atoms with Crippen LogP contribution in [0, 0.1) is 0 Å². The quantitative estimate of drug-likeness (QED) is 0.0987. The van der Waals surface area contributed by atoms with E-state index in [1.165, 1.54) is 32.1 Å². The predicted molar refractivity (Wildman–Crippen MR) is 153 cm³/mol. The highest BCUT2D eigenvalue weighted by molar-refractivity contribution is 5.92. The van der Waals surface area contributed by atoms with Gasteiger partial charge in [0.05, 0.1) is 24.3 Å². The largest absolute Gasteiger partial charge is 0.494 e. The summed E-state index contributed by atoms with van der Waals surface area (Å²) >= 11 is 0. The van der Waals surface area contributed by atoms with Crippen LogP contribution >= 0.6 is 0 Å². The minimum atomic E-state index is -0.497. The Morgan fingerprint density at radius 1 is 0.462 bits per heavy atom. The lowest BCUT2D eigenvalue weighted by Gasteiger charge is -2.09. The molecule has 3 aromatic carbocycles. The van der Waals surface area contributed by atoms with Gasteiger partial charge in [-0.3, -0.25) is 0 Å². The van der Waals surface area contributed by atoms with E-state index in [0.29, 0.717) is 35.8 Å². The van der Waals surface area contributed by atoms with Crippen molar-refractivity contribution in [2.24, 2.45) is 0 Å². The molecule has 0 saturated carbocycles. The molecule has 0 aliphatic rings. The Morgan fingerprint density at radius 3 is 1.28 bits per heavy atom. The molecule has 0 aliphatic carbocycles. The lowest BCUT2D eigenvalue weighted by atomic mass is 10.1. The summed E-state index contributed by atoms with van der Waals surface area (Å²) in [5.41, 5.74) is 0.765. The molecule has 0 unspecified atom stereocenters. The van der Waals surface area contributed by atoms with Crippen LogP contribution in [-0.2, 0) is 0 Å². The van der Waals surface area contributed by atoms with Crippen LogP contribution in [0.3, 0.4) is 0 Å². The highest BCUT2D eigenvalue weighted by atomic mass is 16.5. The van der Waals surface area contributed by atoms with Gasteiger partial charge in [0.25, 0.3) is 0 Å². The molecular formula is C33H40O6. The molecule has 0 radical (unpaired) electrons. The zero-order valence-corrected chi connectivity index (χ0v) is 23.2.